The number of rotatable bonds is 5. The third-order valence-electron chi connectivity index (χ3n) is 5.74. The van der Waals surface area contributed by atoms with Gasteiger partial charge in [-0.25, -0.2) is 9.78 Å². The molecule has 0 saturated heterocycles. The zero-order chi connectivity index (χ0) is 23.8. The van der Waals surface area contributed by atoms with Gasteiger partial charge >= 0.3 is 5.97 Å². The van der Waals surface area contributed by atoms with Crippen LogP contribution >= 0.6 is 22.7 Å². The van der Waals surface area contributed by atoms with E-state index < -0.39 is 5.97 Å². The quantitative estimate of drug-likeness (QED) is 0.302. The van der Waals surface area contributed by atoms with Crippen LogP contribution in [0.2, 0.25) is 0 Å². The van der Waals surface area contributed by atoms with E-state index in [-0.39, 0.29) is 12.5 Å². The van der Waals surface area contributed by atoms with Crippen molar-refractivity contribution in [3.05, 3.63) is 81.2 Å². The SMILES string of the molecule is CC(=O)N(c1nc(COC(=O)c2cc3c(s2)-c2ccccc2OC3)cs1)c1cccc(C)c1C. The third kappa shape index (κ3) is 4.10. The maximum absolute atomic E-state index is 12.8. The van der Waals surface area contributed by atoms with Crippen LogP contribution in [0.5, 0.6) is 5.75 Å². The zero-order valence-electron chi connectivity index (χ0n) is 19.0. The number of benzene rings is 2. The number of ether oxygens (including phenoxy) is 2. The highest BCUT2D eigenvalue weighted by Gasteiger charge is 2.24. The Morgan fingerprint density at radius 2 is 1.97 bits per heavy atom. The smallest absolute Gasteiger partial charge is 0.348 e. The summed E-state index contributed by atoms with van der Waals surface area (Å²) in [4.78, 5) is 32.9. The number of carbonyl (C=O) groups is 2. The van der Waals surface area contributed by atoms with Gasteiger partial charge in [0.25, 0.3) is 0 Å². The van der Waals surface area contributed by atoms with Crippen molar-refractivity contribution < 1.29 is 19.1 Å². The molecule has 0 spiro atoms. The molecule has 1 aliphatic rings. The van der Waals surface area contributed by atoms with Gasteiger partial charge in [0, 0.05) is 28.3 Å². The second-order valence-electron chi connectivity index (χ2n) is 8.02. The van der Waals surface area contributed by atoms with Crippen LogP contribution in [-0.4, -0.2) is 16.9 Å². The highest BCUT2D eigenvalue weighted by molar-refractivity contribution is 7.17. The highest BCUT2D eigenvalue weighted by atomic mass is 32.1. The molecular weight excluding hydrogens is 468 g/mol. The van der Waals surface area contributed by atoms with Gasteiger partial charge in [0.2, 0.25) is 5.91 Å². The molecule has 1 aliphatic heterocycles. The lowest BCUT2D eigenvalue weighted by Crippen LogP contribution is -2.23. The molecule has 0 unspecified atom stereocenters. The summed E-state index contributed by atoms with van der Waals surface area (Å²) in [5.41, 5.74) is 5.50. The Morgan fingerprint density at radius 3 is 2.79 bits per heavy atom. The van der Waals surface area contributed by atoms with Crippen molar-refractivity contribution in [3.8, 4) is 16.2 Å². The fourth-order valence-corrected chi connectivity index (χ4v) is 5.82. The number of aromatic nitrogens is 1. The van der Waals surface area contributed by atoms with Gasteiger partial charge in [0.05, 0.1) is 11.4 Å². The first kappa shape index (κ1) is 22.3. The number of esters is 1. The van der Waals surface area contributed by atoms with Crippen LogP contribution in [0, 0.1) is 13.8 Å². The van der Waals surface area contributed by atoms with Gasteiger partial charge in [-0.2, -0.15) is 0 Å². The summed E-state index contributed by atoms with van der Waals surface area (Å²) in [5, 5.41) is 2.36. The van der Waals surface area contributed by atoms with Gasteiger partial charge in [-0.1, -0.05) is 24.3 Å². The van der Waals surface area contributed by atoms with Crippen LogP contribution in [0.15, 0.2) is 53.9 Å². The molecule has 1 amide bonds. The Balaban J connectivity index is 1.31. The summed E-state index contributed by atoms with van der Waals surface area (Å²) >= 11 is 2.76. The van der Waals surface area contributed by atoms with Crippen molar-refractivity contribution in [3.63, 3.8) is 0 Å². The number of hydrogen-bond acceptors (Lipinski definition) is 7. The van der Waals surface area contributed by atoms with E-state index in [1.165, 1.54) is 29.6 Å². The Hall–Kier alpha value is -3.49. The number of thiazole rings is 1. The number of carbonyl (C=O) groups excluding carboxylic acids is 2. The molecule has 0 aliphatic carbocycles. The molecule has 2 aromatic carbocycles. The van der Waals surface area contributed by atoms with E-state index in [0.29, 0.717) is 22.3 Å². The van der Waals surface area contributed by atoms with E-state index >= 15 is 0 Å². The fourth-order valence-electron chi connectivity index (χ4n) is 3.86. The van der Waals surface area contributed by atoms with E-state index in [4.69, 9.17) is 9.47 Å². The number of anilines is 2. The summed E-state index contributed by atoms with van der Waals surface area (Å²) in [6.07, 6.45) is 0. The van der Waals surface area contributed by atoms with Crippen molar-refractivity contribution >= 4 is 45.4 Å². The molecule has 172 valence electrons. The number of thiophene rings is 1. The predicted octanol–water partition coefficient (Wildman–Crippen LogP) is 6.42. The molecule has 0 atom stereocenters. The number of hydrogen-bond donors (Lipinski definition) is 0. The maximum atomic E-state index is 12.8. The Morgan fingerprint density at radius 1 is 1.15 bits per heavy atom. The minimum atomic E-state index is -0.399. The van der Waals surface area contributed by atoms with E-state index in [1.54, 1.807) is 4.90 Å². The molecule has 8 heteroatoms. The second kappa shape index (κ2) is 9.04. The standard InChI is InChI=1S/C26H22N2O4S2/c1-15-7-6-9-21(16(15)2)28(17(3)29)26-27-19(14-33-26)13-32-25(30)23-11-18-12-31-22-10-5-4-8-20(22)24(18)34-23/h4-11,14H,12-13H2,1-3H3. The molecule has 5 rings (SSSR count). The normalized spacial score (nSPS) is 11.9. The molecule has 0 N–H and O–H groups in total. The zero-order valence-corrected chi connectivity index (χ0v) is 20.6. The van der Waals surface area contributed by atoms with Crippen molar-refractivity contribution in [2.75, 3.05) is 4.90 Å². The van der Waals surface area contributed by atoms with E-state index in [2.05, 4.69) is 4.98 Å². The number of nitrogens with zero attached hydrogens (tertiary/aromatic N) is 2. The largest absolute Gasteiger partial charge is 0.488 e. The lowest BCUT2D eigenvalue weighted by molar-refractivity contribution is -0.115. The van der Waals surface area contributed by atoms with Crippen molar-refractivity contribution in [1.82, 2.24) is 4.98 Å². The predicted molar refractivity (Wildman–Crippen MR) is 134 cm³/mol. The topological polar surface area (TPSA) is 68.7 Å². The summed E-state index contributed by atoms with van der Waals surface area (Å²) in [7, 11) is 0. The summed E-state index contributed by atoms with van der Waals surface area (Å²) in [6, 6.07) is 15.5. The number of aryl methyl sites for hydroxylation is 1. The van der Waals surface area contributed by atoms with Gasteiger partial charge in [0.1, 0.15) is 23.8 Å². The fraction of sp³-hybridized carbons (Fsp3) is 0.192. The summed E-state index contributed by atoms with van der Waals surface area (Å²) < 4.78 is 11.3. The number of para-hydroxylation sites is 1. The van der Waals surface area contributed by atoms with Crippen molar-refractivity contribution in [2.24, 2.45) is 0 Å². The number of amides is 1. The molecule has 0 fully saturated rings. The lowest BCUT2D eigenvalue weighted by Gasteiger charge is -2.21. The number of fused-ring (bicyclic) bond motifs is 3. The van der Waals surface area contributed by atoms with E-state index in [0.717, 1.165) is 38.6 Å². The second-order valence-corrected chi connectivity index (χ2v) is 9.91. The van der Waals surface area contributed by atoms with Crippen LogP contribution in [0.4, 0.5) is 10.8 Å². The van der Waals surface area contributed by atoms with Crippen molar-refractivity contribution in [2.45, 2.75) is 34.0 Å². The molecular formula is C26H22N2O4S2. The van der Waals surface area contributed by atoms with Crippen LogP contribution in [-0.2, 0) is 22.7 Å². The Kier molecular flexibility index (Phi) is 5.93. The Bertz CT molecular complexity index is 1410. The first-order valence-electron chi connectivity index (χ1n) is 10.8. The maximum Gasteiger partial charge on any atom is 0.348 e. The monoisotopic (exact) mass is 490 g/mol. The van der Waals surface area contributed by atoms with Crippen LogP contribution in [0.25, 0.3) is 10.4 Å². The van der Waals surface area contributed by atoms with Gasteiger partial charge in [-0.05, 0) is 49.2 Å². The average Bonchev–Trinajstić information content (AvgIpc) is 3.48. The molecule has 3 heterocycles. The van der Waals surface area contributed by atoms with Crippen molar-refractivity contribution in [1.29, 1.82) is 0 Å². The molecule has 0 saturated carbocycles. The highest BCUT2D eigenvalue weighted by Crippen LogP contribution is 2.42. The van der Waals surface area contributed by atoms with Gasteiger partial charge < -0.3 is 9.47 Å². The first-order valence-corrected chi connectivity index (χ1v) is 12.5. The summed E-state index contributed by atoms with van der Waals surface area (Å²) in [6.45, 7) is 5.98. The molecule has 2 aromatic heterocycles. The first-order chi connectivity index (χ1) is 16.4. The summed E-state index contributed by atoms with van der Waals surface area (Å²) in [5.74, 6) is 0.299. The Labute approximate surface area is 205 Å². The lowest BCUT2D eigenvalue weighted by atomic mass is 10.1. The minimum absolute atomic E-state index is 0.0313. The molecule has 6 nitrogen and oxygen atoms in total. The third-order valence-corrected chi connectivity index (χ3v) is 7.80. The minimum Gasteiger partial charge on any atom is -0.488 e. The van der Waals surface area contributed by atoms with E-state index in [1.807, 2.05) is 67.8 Å². The van der Waals surface area contributed by atoms with Crippen LogP contribution in [0.3, 0.4) is 0 Å². The molecule has 0 radical (unpaired) electrons. The van der Waals surface area contributed by atoms with Crippen LogP contribution < -0.4 is 9.64 Å². The van der Waals surface area contributed by atoms with Gasteiger partial charge in [-0.15, -0.1) is 22.7 Å². The van der Waals surface area contributed by atoms with Crippen LogP contribution in [0.1, 0.15) is 39.0 Å². The molecule has 34 heavy (non-hydrogen) atoms. The molecule has 0 bridgehead atoms. The van der Waals surface area contributed by atoms with Gasteiger partial charge in [0.15, 0.2) is 5.13 Å². The molecule has 4 aromatic rings. The average molecular weight is 491 g/mol. The van der Waals surface area contributed by atoms with E-state index in [9.17, 15) is 9.59 Å². The van der Waals surface area contributed by atoms with Gasteiger partial charge in [-0.3, -0.25) is 9.69 Å².